The number of benzene rings is 1. The predicted octanol–water partition coefficient (Wildman–Crippen LogP) is 2.90. The van der Waals surface area contributed by atoms with Crippen molar-refractivity contribution in [2.24, 2.45) is 0 Å². The summed E-state index contributed by atoms with van der Waals surface area (Å²) in [7, 11) is 0. The number of anilines is 1. The van der Waals surface area contributed by atoms with E-state index in [-0.39, 0.29) is 6.10 Å². The molecule has 1 aliphatic rings. The Labute approximate surface area is 108 Å². The first-order chi connectivity index (χ1) is 8.29. The molecule has 1 fully saturated rings. The fourth-order valence-corrected chi connectivity index (χ4v) is 2.19. The second-order valence-corrected chi connectivity index (χ2v) is 4.68. The molecule has 3 heteroatoms. The van der Waals surface area contributed by atoms with Crippen LogP contribution in [0.25, 0.3) is 6.08 Å². The van der Waals surface area contributed by atoms with Crippen molar-refractivity contribution in [2.45, 2.75) is 18.9 Å². The van der Waals surface area contributed by atoms with Gasteiger partial charge in [0.05, 0.1) is 6.10 Å². The first-order valence-corrected chi connectivity index (χ1v) is 6.58. The van der Waals surface area contributed by atoms with Crippen molar-refractivity contribution >= 4 is 23.4 Å². The summed E-state index contributed by atoms with van der Waals surface area (Å²) in [5.41, 5.74) is 2.41. The molecular formula is C14H18ClNO. The van der Waals surface area contributed by atoms with Gasteiger partial charge in [-0.2, -0.15) is 0 Å². The largest absolute Gasteiger partial charge is 0.393 e. The molecule has 1 heterocycles. The van der Waals surface area contributed by atoms with Crippen molar-refractivity contribution in [3.05, 3.63) is 35.9 Å². The summed E-state index contributed by atoms with van der Waals surface area (Å²) in [6.45, 7) is 1.88. The van der Waals surface area contributed by atoms with Crippen LogP contribution in [-0.4, -0.2) is 30.2 Å². The van der Waals surface area contributed by atoms with Crippen molar-refractivity contribution < 1.29 is 5.11 Å². The SMILES string of the molecule is OC1CCN(c2ccc(C=CCCl)cc2)CC1. The van der Waals surface area contributed by atoms with Crippen LogP contribution in [0.1, 0.15) is 18.4 Å². The van der Waals surface area contributed by atoms with Gasteiger partial charge in [0.2, 0.25) is 0 Å². The van der Waals surface area contributed by atoms with Crippen molar-refractivity contribution in [1.82, 2.24) is 0 Å². The molecule has 0 bridgehead atoms. The van der Waals surface area contributed by atoms with Crippen LogP contribution in [0, 0.1) is 0 Å². The average molecular weight is 252 g/mol. The Balaban J connectivity index is 2.00. The molecule has 0 radical (unpaired) electrons. The number of rotatable bonds is 3. The van der Waals surface area contributed by atoms with Crippen molar-refractivity contribution in [3.63, 3.8) is 0 Å². The number of piperidine rings is 1. The third-order valence-electron chi connectivity index (χ3n) is 3.12. The molecule has 0 atom stereocenters. The highest BCUT2D eigenvalue weighted by molar-refractivity contribution is 6.19. The monoisotopic (exact) mass is 251 g/mol. The number of nitrogens with zero attached hydrogens (tertiary/aromatic N) is 1. The summed E-state index contributed by atoms with van der Waals surface area (Å²) in [5, 5.41) is 9.47. The summed E-state index contributed by atoms with van der Waals surface area (Å²) in [6.07, 6.45) is 5.59. The van der Waals surface area contributed by atoms with E-state index in [2.05, 4.69) is 29.2 Å². The molecule has 1 aromatic rings. The lowest BCUT2D eigenvalue weighted by Crippen LogP contribution is -2.35. The molecule has 1 N–H and O–H groups in total. The quantitative estimate of drug-likeness (QED) is 0.835. The molecule has 92 valence electrons. The van der Waals surface area contributed by atoms with Gasteiger partial charge in [-0.15, -0.1) is 11.6 Å². The molecular weight excluding hydrogens is 234 g/mol. The topological polar surface area (TPSA) is 23.5 Å². The minimum atomic E-state index is -0.114. The average Bonchev–Trinajstić information content (AvgIpc) is 2.38. The Kier molecular flexibility index (Phi) is 4.46. The molecule has 2 nitrogen and oxygen atoms in total. The van der Waals surface area contributed by atoms with Gasteiger partial charge in [-0.05, 0) is 30.5 Å². The lowest BCUT2D eigenvalue weighted by Gasteiger charge is -2.31. The lowest BCUT2D eigenvalue weighted by molar-refractivity contribution is 0.145. The minimum absolute atomic E-state index is 0.114. The second kappa shape index (κ2) is 6.08. The molecule has 0 aliphatic carbocycles. The minimum Gasteiger partial charge on any atom is -0.393 e. The highest BCUT2D eigenvalue weighted by Crippen LogP contribution is 2.20. The lowest BCUT2D eigenvalue weighted by atomic mass is 10.1. The van der Waals surface area contributed by atoms with E-state index in [0.29, 0.717) is 5.88 Å². The van der Waals surface area contributed by atoms with Gasteiger partial charge in [-0.1, -0.05) is 24.3 Å². The van der Waals surface area contributed by atoms with E-state index >= 15 is 0 Å². The van der Waals surface area contributed by atoms with Crippen molar-refractivity contribution in [3.8, 4) is 0 Å². The summed E-state index contributed by atoms with van der Waals surface area (Å²) < 4.78 is 0. The smallest absolute Gasteiger partial charge is 0.0574 e. The van der Waals surface area contributed by atoms with Crippen molar-refractivity contribution in [2.75, 3.05) is 23.9 Å². The van der Waals surface area contributed by atoms with Crippen LogP contribution in [-0.2, 0) is 0 Å². The van der Waals surface area contributed by atoms with Gasteiger partial charge in [0, 0.05) is 24.7 Å². The summed E-state index contributed by atoms with van der Waals surface area (Å²) in [6, 6.07) is 8.46. The summed E-state index contributed by atoms with van der Waals surface area (Å²) in [5.74, 6) is 0.547. The van der Waals surface area contributed by atoms with E-state index in [1.807, 2.05) is 12.2 Å². The molecule has 0 spiro atoms. The fourth-order valence-electron chi connectivity index (χ4n) is 2.10. The van der Waals surface area contributed by atoms with Gasteiger partial charge in [0.25, 0.3) is 0 Å². The zero-order valence-electron chi connectivity index (χ0n) is 9.85. The van der Waals surface area contributed by atoms with E-state index in [4.69, 9.17) is 11.6 Å². The number of hydrogen-bond donors (Lipinski definition) is 1. The third-order valence-corrected chi connectivity index (χ3v) is 3.30. The maximum atomic E-state index is 9.47. The van der Waals surface area contributed by atoms with Gasteiger partial charge < -0.3 is 10.0 Å². The molecule has 2 rings (SSSR count). The Bertz CT molecular complexity index is 366. The number of halogens is 1. The number of aliphatic hydroxyl groups is 1. The molecule has 0 aromatic heterocycles. The van der Waals surface area contributed by atoms with Gasteiger partial charge in [-0.3, -0.25) is 0 Å². The third kappa shape index (κ3) is 3.48. The first-order valence-electron chi connectivity index (χ1n) is 6.05. The molecule has 0 unspecified atom stereocenters. The Morgan fingerprint density at radius 3 is 2.47 bits per heavy atom. The van der Waals surface area contributed by atoms with Gasteiger partial charge in [0.1, 0.15) is 0 Å². The van der Waals surface area contributed by atoms with E-state index in [9.17, 15) is 5.11 Å². The van der Waals surface area contributed by atoms with Gasteiger partial charge >= 0.3 is 0 Å². The molecule has 0 amide bonds. The molecule has 1 saturated heterocycles. The summed E-state index contributed by atoms with van der Waals surface area (Å²) >= 11 is 5.60. The van der Waals surface area contributed by atoms with E-state index < -0.39 is 0 Å². The van der Waals surface area contributed by atoms with E-state index in [1.165, 1.54) is 11.3 Å². The van der Waals surface area contributed by atoms with E-state index in [0.717, 1.165) is 25.9 Å². The van der Waals surface area contributed by atoms with Crippen LogP contribution in [0.5, 0.6) is 0 Å². The molecule has 0 saturated carbocycles. The summed E-state index contributed by atoms with van der Waals surface area (Å²) in [4.78, 5) is 2.32. The fraction of sp³-hybridized carbons (Fsp3) is 0.429. The zero-order valence-corrected chi connectivity index (χ0v) is 10.6. The highest BCUT2D eigenvalue weighted by atomic mass is 35.5. The second-order valence-electron chi connectivity index (χ2n) is 4.37. The Hall–Kier alpha value is -0.990. The van der Waals surface area contributed by atoms with Crippen LogP contribution in [0.2, 0.25) is 0 Å². The van der Waals surface area contributed by atoms with Crippen molar-refractivity contribution in [1.29, 1.82) is 0 Å². The molecule has 17 heavy (non-hydrogen) atoms. The standard InChI is InChI=1S/C14H18ClNO/c15-9-1-2-12-3-5-13(6-4-12)16-10-7-14(17)8-11-16/h1-6,14,17H,7-11H2. The number of aliphatic hydroxyl groups excluding tert-OH is 1. The van der Waals surface area contributed by atoms with Crippen LogP contribution in [0.4, 0.5) is 5.69 Å². The van der Waals surface area contributed by atoms with Crippen LogP contribution in [0.15, 0.2) is 30.3 Å². The van der Waals surface area contributed by atoms with E-state index in [1.54, 1.807) is 0 Å². The normalized spacial score (nSPS) is 17.9. The van der Waals surface area contributed by atoms with Crippen LogP contribution >= 0.6 is 11.6 Å². The maximum absolute atomic E-state index is 9.47. The zero-order chi connectivity index (χ0) is 12.1. The number of hydrogen-bond acceptors (Lipinski definition) is 2. The van der Waals surface area contributed by atoms with Crippen LogP contribution in [0.3, 0.4) is 0 Å². The highest BCUT2D eigenvalue weighted by Gasteiger charge is 2.16. The first kappa shape index (κ1) is 12.5. The predicted molar refractivity (Wildman–Crippen MR) is 73.6 cm³/mol. The number of allylic oxidation sites excluding steroid dienone is 1. The van der Waals surface area contributed by atoms with Gasteiger partial charge in [0.15, 0.2) is 0 Å². The maximum Gasteiger partial charge on any atom is 0.0574 e. The Morgan fingerprint density at radius 1 is 1.24 bits per heavy atom. The molecule has 1 aliphatic heterocycles. The number of alkyl halides is 1. The van der Waals surface area contributed by atoms with Gasteiger partial charge in [-0.25, -0.2) is 0 Å². The molecule has 1 aromatic carbocycles. The Morgan fingerprint density at radius 2 is 1.88 bits per heavy atom. The van der Waals surface area contributed by atoms with Crippen LogP contribution < -0.4 is 4.90 Å².